The molecule has 1 aliphatic heterocycles. The maximum Gasteiger partial charge on any atom is 0.324 e. The van der Waals surface area contributed by atoms with Gasteiger partial charge in [-0.25, -0.2) is 10.9 Å². The first-order valence-electron chi connectivity index (χ1n) is 5.95. The highest BCUT2D eigenvalue weighted by molar-refractivity contribution is 5.76. The monoisotopic (exact) mass is 234 g/mol. The van der Waals surface area contributed by atoms with Gasteiger partial charge in [0.2, 0.25) is 0 Å². The SMILES string of the molecule is CCOC(=O)C1CC(c2ccc(C)cc2)NN1. The lowest BCUT2D eigenvalue weighted by Gasteiger charge is -2.09. The zero-order valence-electron chi connectivity index (χ0n) is 10.2. The molecule has 0 aliphatic carbocycles. The minimum Gasteiger partial charge on any atom is -0.465 e. The van der Waals surface area contributed by atoms with Crippen molar-refractivity contribution in [3.05, 3.63) is 35.4 Å². The molecule has 1 heterocycles. The van der Waals surface area contributed by atoms with Crippen LogP contribution < -0.4 is 10.9 Å². The number of esters is 1. The van der Waals surface area contributed by atoms with E-state index in [0.29, 0.717) is 6.61 Å². The number of aryl methyl sites for hydroxylation is 1. The molecule has 0 bridgehead atoms. The van der Waals surface area contributed by atoms with Crippen molar-refractivity contribution in [2.45, 2.75) is 32.4 Å². The lowest BCUT2D eigenvalue weighted by Crippen LogP contribution is -2.37. The van der Waals surface area contributed by atoms with E-state index < -0.39 is 0 Å². The minimum absolute atomic E-state index is 0.171. The average Bonchev–Trinajstić information content (AvgIpc) is 2.80. The number of hydrogen-bond donors (Lipinski definition) is 2. The van der Waals surface area contributed by atoms with E-state index >= 15 is 0 Å². The molecule has 0 aromatic heterocycles. The minimum atomic E-state index is -0.249. The van der Waals surface area contributed by atoms with Crippen molar-refractivity contribution in [1.29, 1.82) is 0 Å². The summed E-state index contributed by atoms with van der Waals surface area (Å²) in [5.74, 6) is -0.186. The Labute approximate surface area is 101 Å². The van der Waals surface area contributed by atoms with Crippen molar-refractivity contribution >= 4 is 5.97 Å². The van der Waals surface area contributed by atoms with Crippen LogP contribution in [0.5, 0.6) is 0 Å². The van der Waals surface area contributed by atoms with Gasteiger partial charge in [-0.2, -0.15) is 0 Å². The Balaban J connectivity index is 1.98. The Kier molecular flexibility index (Phi) is 3.76. The van der Waals surface area contributed by atoms with Crippen LogP contribution in [0.1, 0.15) is 30.5 Å². The highest BCUT2D eigenvalue weighted by Crippen LogP contribution is 2.22. The third-order valence-electron chi connectivity index (χ3n) is 2.95. The van der Waals surface area contributed by atoms with Gasteiger partial charge in [0.05, 0.1) is 6.61 Å². The van der Waals surface area contributed by atoms with E-state index in [0.717, 1.165) is 6.42 Å². The maximum absolute atomic E-state index is 11.6. The zero-order valence-corrected chi connectivity index (χ0v) is 10.2. The van der Waals surface area contributed by atoms with Crippen molar-refractivity contribution in [2.75, 3.05) is 6.61 Å². The van der Waals surface area contributed by atoms with Crippen LogP contribution in [0, 0.1) is 6.92 Å². The lowest BCUT2D eigenvalue weighted by atomic mass is 10.0. The van der Waals surface area contributed by atoms with Gasteiger partial charge in [0.25, 0.3) is 0 Å². The van der Waals surface area contributed by atoms with Gasteiger partial charge in [-0.15, -0.1) is 0 Å². The fourth-order valence-corrected chi connectivity index (χ4v) is 1.97. The summed E-state index contributed by atoms with van der Waals surface area (Å²) in [4.78, 5) is 11.6. The average molecular weight is 234 g/mol. The van der Waals surface area contributed by atoms with Crippen molar-refractivity contribution < 1.29 is 9.53 Å². The van der Waals surface area contributed by atoms with Gasteiger partial charge in [0.15, 0.2) is 0 Å². The molecule has 4 heteroatoms. The van der Waals surface area contributed by atoms with Crippen LogP contribution in [0.2, 0.25) is 0 Å². The maximum atomic E-state index is 11.6. The van der Waals surface area contributed by atoms with E-state index in [1.165, 1.54) is 11.1 Å². The molecule has 1 aromatic carbocycles. The van der Waals surface area contributed by atoms with Gasteiger partial charge in [0, 0.05) is 6.04 Å². The van der Waals surface area contributed by atoms with E-state index in [1.54, 1.807) is 0 Å². The van der Waals surface area contributed by atoms with Gasteiger partial charge in [-0.05, 0) is 25.8 Å². The van der Waals surface area contributed by atoms with Crippen LogP contribution >= 0.6 is 0 Å². The molecule has 0 spiro atoms. The predicted octanol–water partition coefficient (Wildman–Crippen LogP) is 1.47. The zero-order chi connectivity index (χ0) is 12.3. The number of carbonyl (C=O) groups excluding carboxylic acids is 1. The van der Waals surface area contributed by atoms with E-state index in [9.17, 15) is 4.79 Å². The van der Waals surface area contributed by atoms with Crippen LogP contribution in [-0.4, -0.2) is 18.6 Å². The molecule has 0 saturated carbocycles. The Morgan fingerprint density at radius 2 is 2.06 bits per heavy atom. The van der Waals surface area contributed by atoms with Gasteiger partial charge in [-0.3, -0.25) is 4.79 Å². The first-order chi connectivity index (χ1) is 8.20. The summed E-state index contributed by atoms with van der Waals surface area (Å²) in [6.45, 7) is 4.30. The van der Waals surface area contributed by atoms with Crippen LogP contribution in [-0.2, 0) is 9.53 Å². The summed E-state index contributed by atoms with van der Waals surface area (Å²) in [6, 6.07) is 8.25. The normalized spacial score (nSPS) is 23.6. The number of carbonyl (C=O) groups is 1. The van der Waals surface area contributed by atoms with Gasteiger partial charge < -0.3 is 4.74 Å². The number of hydrazine groups is 1. The predicted molar refractivity (Wildman–Crippen MR) is 65.2 cm³/mol. The third-order valence-corrected chi connectivity index (χ3v) is 2.95. The molecule has 2 rings (SSSR count). The van der Waals surface area contributed by atoms with Crippen molar-refractivity contribution in [2.24, 2.45) is 0 Å². The quantitative estimate of drug-likeness (QED) is 0.778. The second-order valence-electron chi connectivity index (χ2n) is 4.29. The van der Waals surface area contributed by atoms with Crippen molar-refractivity contribution in [3.63, 3.8) is 0 Å². The summed E-state index contributed by atoms with van der Waals surface area (Å²) in [6.07, 6.45) is 0.724. The Hall–Kier alpha value is -1.39. The number of nitrogens with one attached hydrogen (secondary N) is 2. The summed E-state index contributed by atoms with van der Waals surface area (Å²) in [5.41, 5.74) is 8.54. The number of rotatable bonds is 3. The molecule has 2 atom stereocenters. The molecule has 0 amide bonds. The van der Waals surface area contributed by atoms with Crippen LogP contribution in [0.4, 0.5) is 0 Å². The molecule has 0 radical (unpaired) electrons. The molecule has 2 unspecified atom stereocenters. The van der Waals surface area contributed by atoms with Crippen molar-refractivity contribution in [3.8, 4) is 0 Å². The summed E-state index contributed by atoms with van der Waals surface area (Å²) < 4.78 is 4.99. The number of hydrogen-bond acceptors (Lipinski definition) is 4. The first-order valence-corrected chi connectivity index (χ1v) is 5.95. The lowest BCUT2D eigenvalue weighted by molar-refractivity contribution is -0.145. The van der Waals surface area contributed by atoms with Crippen LogP contribution in [0.25, 0.3) is 0 Å². The molecule has 1 fully saturated rings. The molecule has 92 valence electrons. The Morgan fingerprint density at radius 3 is 2.71 bits per heavy atom. The van der Waals surface area contributed by atoms with Crippen molar-refractivity contribution in [1.82, 2.24) is 10.9 Å². The molecular weight excluding hydrogens is 216 g/mol. The highest BCUT2D eigenvalue weighted by atomic mass is 16.5. The van der Waals surface area contributed by atoms with Crippen LogP contribution in [0.3, 0.4) is 0 Å². The second kappa shape index (κ2) is 5.29. The highest BCUT2D eigenvalue weighted by Gasteiger charge is 2.30. The van der Waals surface area contributed by atoms with E-state index in [1.807, 2.05) is 6.92 Å². The summed E-state index contributed by atoms with van der Waals surface area (Å²) >= 11 is 0. The fourth-order valence-electron chi connectivity index (χ4n) is 1.97. The fraction of sp³-hybridized carbons (Fsp3) is 0.462. The van der Waals surface area contributed by atoms with Crippen LogP contribution in [0.15, 0.2) is 24.3 Å². The first kappa shape index (κ1) is 12.1. The number of ether oxygens (including phenoxy) is 1. The molecule has 1 aliphatic rings. The van der Waals surface area contributed by atoms with E-state index in [2.05, 4.69) is 42.0 Å². The largest absolute Gasteiger partial charge is 0.465 e. The van der Waals surface area contributed by atoms with Gasteiger partial charge >= 0.3 is 5.97 Å². The van der Waals surface area contributed by atoms with E-state index in [-0.39, 0.29) is 18.1 Å². The molecular formula is C13H18N2O2. The second-order valence-corrected chi connectivity index (χ2v) is 4.29. The molecule has 1 aromatic rings. The third kappa shape index (κ3) is 2.84. The standard InChI is InChI=1S/C13H18N2O2/c1-3-17-13(16)12-8-11(14-15-12)10-6-4-9(2)5-7-10/h4-7,11-12,14-15H,3,8H2,1-2H3. The van der Waals surface area contributed by atoms with Gasteiger partial charge in [-0.1, -0.05) is 29.8 Å². The number of benzene rings is 1. The molecule has 4 nitrogen and oxygen atoms in total. The topological polar surface area (TPSA) is 50.4 Å². The smallest absolute Gasteiger partial charge is 0.324 e. The molecule has 2 N–H and O–H groups in total. The Morgan fingerprint density at radius 1 is 1.35 bits per heavy atom. The summed E-state index contributed by atoms with van der Waals surface area (Å²) in [7, 11) is 0. The van der Waals surface area contributed by atoms with E-state index in [4.69, 9.17) is 4.74 Å². The molecule has 1 saturated heterocycles. The Bertz CT molecular complexity index is 389. The molecule has 17 heavy (non-hydrogen) atoms. The van der Waals surface area contributed by atoms with Gasteiger partial charge in [0.1, 0.15) is 6.04 Å². The summed E-state index contributed by atoms with van der Waals surface area (Å²) in [5, 5.41) is 0.